The molecular weight excluding hydrogens is 212 g/mol. The van der Waals surface area contributed by atoms with Gasteiger partial charge in [0.2, 0.25) is 0 Å². The van der Waals surface area contributed by atoms with Crippen LogP contribution in [0.5, 0.6) is 0 Å². The number of hydrogen-bond acceptors (Lipinski definition) is 3. The molecule has 1 fully saturated rings. The summed E-state index contributed by atoms with van der Waals surface area (Å²) in [5, 5.41) is 3.67. The van der Waals surface area contributed by atoms with E-state index in [2.05, 4.69) is 37.9 Å². The van der Waals surface area contributed by atoms with Gasteiger partial charge >= 0.3 is 0 Å². The van der Waals surface area contributed by atoms with Crippen molar-refractivity contribution in [2.45, 2.75) is 58.5 Å². The van der Waals surface area contributed by atoms with Gasteiger partial charge in [-0.25, -0.2) is 0 Å². The quantitative estimate of drug-likeness (QED) is 0.693. The van der Waals surface area contributed by atoms with E-state index >= 15 is 0 Å². The molecule has 102 valence electrons. The second kappa shape index (κ2) is 7.34. The Morgan fingerprint density at radius 3 is 2.71 bits per heavy atom. The van der Waals surface area contributed by atoms with Gasteiger partial charge in [-0.2, -0.15) is 0 Å². The third kappa shape index (κ3) is 4.23. The fraction of sp³-hybridized carbons (Fsp3) is 1.00. The van der Waals surface area contributed by atoms with Gasteiger partial charge in [-0.15, -0.1) is 0 Å². The largest absolute Gasteiger partial charge is 0.382 e. The molecule has 2 unspecified atom stereocenters. The third-order valence-electron chi connectivity index (χ3n) is 4.15. The van der Waals surface area contributed by atoms with Crippen molar-refractivity contribution in [1.29, 1.82) is 0 Å². The fourth-order valence-corrected chi connectivity index (χ4v) is 2.51. The molecule has 0 bridgehead atoms. The minimum absolute atomic E-state index is 0.331. The van der Waals surface area contributed by atoms with E-state index in [0.717, 1.165) is 26.2 Å². The molecule has 3 heteroatoms. The minimum Gasteiger partial charge on any atom is -0.382 e. The number of ether oxygens (including phenoxy) is 1. The van der Waals surface area contributed by atoms with Crippen LogP contribution in [0.3, 0.4) is 0 Å². The first-order valence-electron chi connectivity index (χ1n) is 7.22. The fourth-order valence-electron chi connectivity index (χ4n) is 2.51. The van der Waals surface area contributed by atoms with E-state index in [1.165, 1.54) is 25.9 Å². The van der Waals surface area contributed by atoms with Gasteiger partial charge in [-0.05, 0) is 33.1 Å². The summed E-state index contributed by atoms with van der Waals surface area (Å²) in [6.07, 6.45) is 3.59. The van der Waals surface area contributed by atoms with Gasteiger partial charge in [0.1, 0.15) is 0 Å². The molecule has 1 heterocycles. The number of piperazine rings is 1. The van der Waals surface area contributed by atoms with Gasteiger partial charge in [0.25, 0.3) is 0 Å². The molecule has 1 aliphatic rings. The molecule has 1 N–H and O–H groups in total. The molecule has 0 aliphatic carbocycles. The molecule has 0 amide bonds. The Balaban J connectivity index is 2.43. The zero-order valence-corrected chi connectivity index (χ0v) is 12.1. The highest BCUT2D eigenvalue weighted by Crippen LogP contribution is 2.23. The molecule has 0 aromatic carbocycles. The lowest BCUT2D eigenvalue weighted by Gasteiger charge is -2.48. The van der Waals surface area contributed by atoms with Crippen molar-refractivity contribution >= 4 is 0 Å². The number of nitrogens with zero attached hydrogens (tertiary/aromatic N) is 1. The Bertz CT molecular complexity index is 210. The molecule has 0 radical (unpaired) electrons. The molecule has 0 aromatic rings. The van der Waals surface area contributed by atoms with Crippen LogP contribution in [0.4, 0.5) is 0 Å². The van der Waals surface area contributed by atoms with E-state index in [1.54, 1.807) is 0 Å². The van der Waals surface area contributed by atoms with Gasteiger partial charge in [0, 0.05) is 44.4 Å². The van der Waals surface area contributed by atoms with Crippen molar-refractivity contribution in [3.8, 4) is 0 Å². The Labute approximate surface area is 107 Å². The highest BCUT2D eigenvalue weighted by molar-refractivity contribution is 4.94. The topological polar surface area (TPSA) is 24.5 Å². The lowest BCUT2D eigenvalue weighted by atomic mass is 9.91. The second-order valence-corrected chi connectivity index (χ2v) is 5.33. The Morgan fingerprint density at radius 1 is 1.35 bits per heavy atom. The van der Waals surface area contributed by atoms with Crippen molar-refractivity contribution in [3.05, 3.63) is 0 Å². The molecule has 0 saturated carbocycles. The number of rotatable bonds is 7. The van der Waals surface area contributed by atoms with Crippen LogP contribution in [0.15, 0.2) is 0 Å². The van der Waals surface area contributed by atoms with Crippen LogP contribution < -0.4 is 5.32 Å². The van der Waals surface area contributed by atoms with Gasteiger partial charge in [0.15, 0.2) is 0 Å². The van der Waals surface area contributed by atoms with Gasteiger partial charge in [-0.3, -0.25) is 4.90 Å². The normalized spacial score (nSPS) is 30.7. The van der Waals surface area contributed by atoms with Gasteiger partial charge < -0.3 is 10.1 Å². The van der Waals surface area contributed by atoms with E-state index in [0.29, 0.717) is 11.6 Å². The summed E-state index contributed by atoms with van der Waals surface area (Å²) in [6, 6.07) is 0.668. The van der Waals surface area contributed by atoms with E-state index < -0.39 is 0 Å². The minimum atomic E-state index is 0.331. The maximum absolute atomic E-state index is 5.44. The molecule has 17 heavy (non-hydrogen) atoms. The van der Waals surface area contributed by atoms with Crippen molar-refractivity contribution < 1.29 is 4.74 Å². The Kier molecular flexibility index (Phi) is 6.45. The zero-order chi connectivity index (χ0) is 12.7. The monoisotopic (exact) mass is 242 g/mol. The predicted octanol–water partition coefficient (Wildman–Crippen LogP) is 2.27. The van der Waals surface area contributed by atoms with Gasteiger partial charge in [-0.1, -0.05) is 13.8 Å². The summed E-state index contributed by atoms with van der Waals surface area (Å²) in [7, 11) is 0. The van der Waals surface area contributed by atoms with Crippen molar-refractivity contribution in [1.82, 2.24) is 10.2 Å². The van der Waals surface area contributed by atoms with Crippen molar-refractivity contribution in [2.24, 2.45) is 0 Å². The van der Waals surface area contributed by atoms with Crippen LogP contribution in [-0.2, 0) is 4.74 Å². The molecule has 2 atom stereocenters. The molecule has 1 rings (SSSR count). The van der Waals surface area contributed by atoms with Crippen LogP contribution >= 0.6 is 0 Å². The van der Waals surface area contributed by atoms with Gasteiger partial charge in [0.05, 0.1) is 0 Å². The summed E-state index contributed by atoms with van der Waals surface area (Å²) in [6.45, 7) is 14.2. The van der Waals surface area contributed by atoms with Crippen LogP contribution in [0, 0.1) is 0 Å². The van der Waals surface area contributed by atoms with E-state index in [-0.39, 0.29) is 0 Å². The highest BCUT2D eigenvalue weighted by Gasteiger charge is 2.35. The lowest BCUT2D eigenvalue weighted by Crippen LogP contribution is -2.63. The summed E-state index contributed by atoms with van der Waals surface area (Å²) in [5.41, 5.74) is 0.331. The average molecular weight is 242 g/mol. The standard InChI is InChI=1S/C14H30N2O/c1-5-13-11-16(9-8-10-17-7-3)14(4,6-2)12-15-13/h13,15H,5-12H2,1-4H3. The smallest absolute Gasteiger partial charge is 0.0478 e. The summed E-state index contributed by atoms with van der Waals surface area (Å²) in [5.74, 6) is 0. The maximum atomic E-state index is 5.44. The molecule has 1 saturated heterocycles. The number of nitrogens with one attached hydrogen (secondary N) is 1. The summed E-state index contributed by atoms with van der Waals surface area (Å²) >= 11 is 0. The average Bonchev–Trinajstić information content (AvgIpc) is 2.36. The van der Waals surface area contributed by atoms with Crippen LogP contribution in [0.1, 0.15) is 47.0 Å². The van der Waals surface area contributed by atoms with E-state index in [4.69, 9.17) is 4.74 Å². The first-order chi connectivity index (χ1) is 8.16. The van der Waals surface area contributed by atoms with E-state index in [9.17, 15) is 0 Å². The Hall–Kier alpha value is -0.120. The molecular formula is C14H30N2O. The molecule has 0 spiro atoms. The molecule has 1 aliphatic heterocycles. The molecule has 3 nitrogen and oxygen atoms in total. The molecule has 0 aromatic heterocycles. The third-order valence-corrected chi connectivity index (χ3v) is 4.15. The Morgan fingerprint density at radius 2 is 2.12 bits per heavy atom. The van der Waals surface area contributed by atoms with Crippen LogP contribution in [0.25, 0.3) is 0 Å². The number of hydrogen-bond donors (Lipinski definition) is 1. The SMILES string of the molecule is CCOCCCN1CC(CC)NCC1(C)CC. The summed E-state index contributed by atoms with van der Waals surface area (Å²) < 4.78 is 5.44. The van der Waals surface area contributed by atoms with Crippen LogP contribution in [0.2, 0.25) is 0 Å². The highest BCUT2D eigenvalue weighted by atomic mass is 16.5. The van der Waals surface area contributed by atoms with Crippen LogP contribution in [-0.4, -0.2) is 49.3 Å². The van der Waals surface area contributed by atoms with Crippen molar-refractivity contribution in [3.63, 3.8) is 0 Å². The predicted molar refractivity (Wildman–Crippen MR) is 73.5 cm³/mol. The van der Waals surface area contributed by atoms with E-state index in [1.807, 2.05) is 0 Å². The first kappa shape index (κ1) is 14.9. The second-order valence-electron chi connectivity index (χ2n) is 5.33. The van der Waals surface area contributed by atoms with Crippen molar-refractivity contribution in [2.75, 3.05) is 32.8 Å². The zero-order valence-electron chi connectivity index (χ0n) is 12.1. The lowest BCUT2D eigenvalue weighted by molar-refractivity contribution is 0.0371. The first-order valence-corrected chi connectivity index (χ1v) is 7.22. The maximum Gasteiger partial charge on any atom is 0.0478 e. The summed E-state index contributed by atoms with van der Waals surface area (Å²) in [4.78, 5) is 2.66.